The highest BCUT2D eigenvalue weighted by Gasteiger charge is 2.42. The number of carbonyl (C=O) groups excluding carboxylic acids is 2. The molecule has 194 valence electrons. The number of benzene rings is 2. The van der Waals surface area contributed by atoms with Gasteiger partial charge in [-0.2, -0.15) is 0 Å². The van der Waals surface area contributed by atoms with E-state index in [-0.39, 0.29) is 17.2 Å². The van der Waals surface area contributed by atoms with Crippen LogP contribution in [0.15, 0.2) is 89.2 Å². The van der Waals surface area contributed by atoms with Crippen LogP contribution < -0.4 is 16.2 Å². The van der Waals surface area contributed by atoms with E-state index >= 15 is 0 Å². The Balaban J connectivity index is 1.34. The molecule has 1 aliphatic heterocycles. The Hall–Kier alpha value is -3.79. The summed E-state index contributed by atoms with van der Waals surface area (Å²) >= 11 is 7.56. The topological polar surface area (TPSA) is 83.4 Å². The molecule has 2 atom stereocenters. The van der Waals surface area contributed by atoms with E-state index in [1.54, 1.807) is 60.0 Å². The predicted octanol–water partition coefficient (Wildman–Crippen LogP) is 5.02. The van der Waals surface area contributed by atoms with Gasteiger partial charge in [0.15, 0.2) is 0 Å². The quantitative estimate of drug-likeness (QED) is 0.338. The highest BCUT2D eigenvalue weighted by atomic mass is 35.5. The van der Waals surface area contributed by atoms with Gasteiger partial charge in [-0.05, 0) is 53.9 Å². The SMILES string of the molecule is O=C(Nc1ccc(Cl)cc1)[C@H]1CN(Cc2cccs2)C[C@@H]1C(=O)Nc1ccc(-n2ccccc2=O)cc1F. The molecule has 0 spiro atoms. The monoisotopic (exact) mass is 550 g/mol. The van der Waals surface area contributed by atoms with Crippen LogP contribution in [0.4, 0.5) is 15.8 Å². The van der Waals surface area contributed by atoms with Crippen molar-refractivity contribution in [2.24, 2.45) is 11.8 Å². The second-order valence-corrected chi connectivity index (χ2v) is 10.5. The Morgan fingerprint density at radius 3 is 2.34 bits per heavy atom. The molecule has 0 aliphatic carbocycles. The van der Waals surface area contributed by atoms with Crippen LogP contribution in [0.5, 0.6) is 0 Å². The zero-order valence-electron chi connectivity index (χ0n) is 20.1. The fraction of sp³-hybridized carbons (Fsp3) is 0.179. The number of hydrogen-bond acceptors (Lipinski definition) is 5. The Morgan fingerprint density at radius 2 is 1.68 bits per heavy atom. The van der Waals surface area contributed by atoms with E-state index in [2.05, 4.69) is 15.5 Å². The molecule has 7 nitrogen and oxygen atoms in total. The van der Waals surface area contributed by atoms with E-state index in [4.69, 9.17) is 11.6 Å². The maximum atomic E-state index is 15.0. The van der Waals surface area contributed by atoms with E-state index in [0.29, 0.717) is 36.0 Å². The molecule has 2 amide bonds. The molecule has 0 saturated carbocycles. The summed E-state index contributed by atoms with van der Waals surface area (Å²) in [4.78, 5) is 41.9. The summed E-state index contributed by atoms with van der Waals surface area (Å²) in [5.74, 6) is -2.75. The lowest BCUT2D eigenvalue weighted by Crippen LogP contribution is -2.35. The molecule has 0 radical (unpaired) electrons. The molecular formula is C28H24ClFN4O3S. The number of rotatable bonds is 7. The van der Waals surface area contributed by atoms with Gasteiger partial charge in [-0.25, -0.2) is 4.39 Å². The summed E-state index contributed by atoms with van der Waals surface area (Å²) in [6, 6.07) is 19.5. The summed E-state index contributed by atoms with van der Waals surface area (Å²) in [7, 11) is 0. The number of nitrogens with one attached hydrogen (secondary N) is 2. The first-order chi connectivity index (χ1) is 18.4. The molecule has 1 saturated heterocycles. The summed E-state index contributed by atoms with van der Waals surface area (Å²) in [6.07, 6.45) is 1.54. The number of hydrogen-bond donors (Lipinski definition) is 2. The Labute approximate surface area is 227 Å². The van der Waals surface area contributed by atoms with Gasteiger partial charge in [-0.15, -0.1) is 11.3 Å². The minimum absolute atomic E-state index is 0.0173. The Morgan fingerprint density at radius 1 is 0.947 bits per heavy atom. The van der Waals surface area contributed by atoms with Gasteiger partial charge in [0.1, 0.15) is 5.82 Å². The summed E-state index contributed by atoms with van der Waals surface area (Å²) in [6.45, 7) is 1.34. The highest BCUT2D eigenvalue weighted by Crippen LogP contribution is 2.29. The number of aromatic nitrogens is 1. The summed E-state index contributed by atoms with van der Waals surface area (Å²) in [5, 5.41) is 8.06. The molecule has 38 heavy (non-hydrogen) atoms. The molecule has 3 heterocycles. The lowest BCUT2D eigenvalue weighted by atomic mass is 9.94. The number of nitrogens with zero attached hydrogens (tertiary/aromatic N) is 2. The van der Waals surface area contributed by atoms with E-state index < -0.39 is 23.6 Å². The van der Waals surface area contributed by atoms with Crippen molar-refractivity contribution >= 4 is 46.1 Å². The smallest absolute Gasteiger partial charge is 0.255 e. The number of carbonyl (C=O) groups is 2. The molecule has 1 fully saturated rings. The van der Waals surface area contributed by atoms with Gasteiger partial charge in [0.2, 0.25) is 11.8 Å². The lowest BCUT2D eigenvalue weighted by Gasteiger charge is -2.18. The van der Waals surface area contributed by atoms with Crippen molar-refractivity contribution in [3.8, 4) is 5.69 Å². The number of likely N-dealkylation sites (tertiary alicyclic amines) is 1. The largest absolute Gasteiger partial charge is 0.326 e. The van der Waals surface area contributed by atoms with E-state index in [9.17, 15) is 18.8 Å². The van der Waals surface area contributed by atoms with Gasteiger partial charge in [0.05, 0.1) is 23.2 Å². The molecule has 1 aliphatic rings. The maximum Gasteiger partial charge on any atom is 0.255 e. The first-order valence-electron chi connectivity index (χ1n) is 12.0. The summed E-state index contributed by atoms with van der Waals surface area (Å²) in [5.41, 5.74) is 0.605. The van der Waals surface area contributed by atoms with E-state index in [1.807, 2.05) is 17.5 Å². The molecular weight excluding hydrogens is 527 g/mol. The van der Waals surface area contributed by atoms with Gasteiger partial charge in [-0.1, -0.05) is 23.7 Å². The maximum absolute atomic E-state index is 15.0. The zero-order chi connectivity index (χ0) is 26.6. The van der Waals surface area contributed by atoms with Crippen molar-refractivity contribution in [3.05, 3.63) is 110 Å². The third-order valence-corrected chi connectivity index (χ3v) is 7.56. The van der Waals surface area contributed by atoms with Gasteiger partial charge in [0, 0.05) is 53.6 Å². The number of pyridine rings is 1. The lowest BCUT2D eigenvalue weighted by molar-refractivity contribution is -0.127. The van der Waals surface area contributed by atoms with Crippen LogP contribution >= 0.6 is 22.9 Å². The molecule has 5 rings (SSSR count). The van der Waals surface area contributed by atoms with E-state index in [1.165, 1.54) is 22.8 Å². The van der Waals surface area contributed by atoms with Crippen molar-refractivity contribution in [1.29, 1.82) is 0 Å². The van der Waals surface area contributed by atoms with Crippen LogP contribution in [0.3, 0.4) is 0 Å². The van der Waals surface area contributed by atoms with Gasteiger partial charge in [-0.3, -0.25) is 23.9 Å². The first kappa shape index (κ1) is 25.8. The summed E-state index contributed by atoms with van der Waals surface area (Å²) < 4.78 is 16.3. The molecule has 2 N–H and O–H groups in total. The number of anilines is 2. The zero-order valence-corrected chi connectivity index (χ0v) is 21.7. The van der Waals surface area contributed by atoms with Crippen molar-refractivity contribution in [1.82, 2.24) is 9.47 Å². The average molecular weight is 551 g/mol. The van der Waals surface area contributed by atoms with Gasteiger partial charge in [0.25, 0.3) is 5.56 Å². The van der Waals surface area contributed by atoms with Gasteiger partial charge < -0.3 is 10.6 Å². The Kier molecular flexibility index (Phi) is 7.69. The second-order valence-electron chi connectivity index (χ2n) is 9.04. The van der Waals surface area contributed by atoms with Crippen molar-refractivity contribution in [2.45, 2.75) is 6.54 Å². The fourth-order valence-corrected chi connectivity index (χ4v) is 5.43. The number of halogens is 2. The van der Waals surface area contributed by atoms with Crippen LogP contribution in [0.25, 0.3) is 5.69 Å². The minimum Gasteiger partial charge on any atom is -0.326 e. The molecule has 2 aromatic heterocycles. The van der Waals surface area contributed by atoms with Crippen molar-refractivity contribution in [2.75, 3.05) is 23.7 Å². The van der Waals surface area contributed by atoms with Crippen LogP contribution in [0.1, 0.15) is 4.88 Å². The second kappa shape index (κ2) is 11.3. The van der Waals surface area contributed by atoms with Crippen molar-refractivity contribution in [3.63, 3.8) is 0 Å². The molecule has 0 unspecified atom stereocenters. The third kappa shape index (κ3) is 5.85. The highest BCUT2D eigenvalue weighted by molar-refractivity contribution is 7.09. The molecule has 10 heteroatoms. The molecule has 0 bridgehead atoms. The number of amides is 2. The van der Waals surface area contributed by atoms with Gasteiger partial charge >= 0.3 is 0 Å². The number of thiophene rings is 1. The molecule has 4 aromatic rings. The van der Waals surface area contributed by atoms with Crippen molar-refractivity contribution < 1.29 is 14.0 Å². The molecule has 2 aromatic carbocycles. The first-order valence-corrected chi connectivity index (χ1v) is 13.2. The van der Waals surface area contributed by atoms with Crippen LogP contribution in [-0.4, -0.2) is 34.4 Å². The average Bonchev–Trinajstić information content (AvgIpc) is 3.57. The fourth-order valence-electron chi connectivity index (χ4n) is 4.56. The minimum atomic E-state index is -0.696. The third-order valence-electron chi connectivity index (χ3n) is 6.45. The standard InChI is InChI=1S/C28H24ClFN4O3S/c29-18-6-8-19(9-7-18)31-27(36)22-16-33(15-21-4-3-13-38-21)17-23(22)28(37)32-25-11-10-20(14-24(25)30)34-12-2-1-5-26(34)35/h1-14,22-23H,15-17H2,(H,31,36)(H,32,37)/t22-,23-/m0/s1. The van der Waals surface area contributed by atoms with Crippen LogP contribution in [0.2, 0.25) is 5.02 Å². The Bertz CT molecular complexity index is 1510. The predicted molar refractivity (Wildman–Crippen MR) is 147 cm³/mol. The normalized spacial score (nSPS) is 17.3. The van der Waals surface area contributed by atoms with E-state index in [0.717, 1.165) is 4.88 Å². The van der Waals surface area contributed by atoms with Crippen LogP contribution in [-0.2, 0) is 16.1 Å². The van der Waals surface area contributed by atoms with Crippen LogP contribution in [0, 0.1) is 17.7 Å².